The highest BCUT2D eigenvalue weighted by Gasteiger charge is 2.11. The second kappa shape index (κ2) is 8.10. The van der Waals surface area contributed by atoms with Gasteiger partial charge >= 0.3 is 0 Å². The Kier molecular flexibility index (Phi) is 5.86. The highest BCUT2D eigenvalue weighted by Crippen LogP contribution is 2.26. The fraction of sp³-hybridized carbons (Fsp3) is 0.0625. The van der Waals surface area contributed by atoms with Crippen molar-refractivity contribution in [1.29, 1.82) is 0 Å². The van der Waals surface area contributed by atoms with Gasteiger partial charge in [0.05, 0.1) is 16.5 Å². The number of aromatic amines is 1. The van der Waals surface area contributed by atoms with E-state index in [1.54, 1.807) is 30.3 Å². The SMILES string of the molecule is O=C(CSc1n[nH]c(-c2ccc(Cl)cc2)n1)Nc1cc(Cl)ccc1Cl. The summed E-state index contributed by atoms with van der Waals surface area (Å²) in [7, 11) is 0. The first-order valence-corrected chi connectivity index (χ1v) is 9.19. The lowest BCUT2D eigenvalue weighted by molar-refractivity contribution is -0.113. The van der Waals surface area contributed by atoms with Crippen LogP contribution in [-0.4, -0.2) is 26.8 Å². The maximum atomic E-state index is 12.0. The third-order valence-corrected chi connectivity index (χ3v) is 4.78. The zero-order valence-electron chi connectivity index (χ0n) is 12.6. The zero-order chi connectivity index (χ0) is 17.8. The van der Waals surface area contributed by atoms with Crippen LogP contribution in [0.1, 0.15) is 0 Å². The Labute approximate surface area is 163 Å². The molecule has 2 N–H and O–H groups in total. The number of rotatable bonds is 5. The van der Waals surface area contributed by atoms with Gasteiger partial charge in [-0.1, -0.05) is 46.6 Å². The molecule has 1 heterocycles. The number of hydrogen-bond acceptors (Lipinski definition) is 4. The first-order chi connectivity index (χ1) is 12.0. The Morgan fingerprint density at radius 2 is 1.80 bits per heavy atom. The molecule has 0 unspecified atom stereocenters. The van der Waals surface area contributed by atoms with E-state index in [4.69, 9.17) is 34.8 Å². The van der Waals surface area contributed by atoms with E-state index in [0.717, 1.165) is 5.56 Å². The molecule has 0 bridgehead atoms. The number of nitrogens with zero attached hydrogens (tertiary/aromatic N) is 2. The summed E-state index contributed by atoms with van der Waals surface area (Å²) in [6, 6.07) is 12.1. The molecule has 1 aromatic heterocycles. The van der Waals surface area contributed by atoms with Crippen molar-refractivity contribution in [2.75, 3.05) is 11.1 Å². The van der Waals surface area contributed by atoms with Gasteiger partial charge in [-0.05, 0) is 42.5 Å². The molecule has 128 valence electrons. The van der Waals surface area contributed by atoms with Crippen molar-refractivity contribution in [2.24, 2.45) is 0 Å². The quantitative estimate of drug-likeness (QED) is 0.567. The molecule has 0 saturated carbocycles. The van der Waals surface area contributed by atoms with Crippen LogP contribution in [0.3, 0.4) is 0 Å². The average molecular weight is 414 g/mol. The van der Waals surface area contributed by atoms with Gasteiger partial charge in [0.2, 0.25) is 11.1 Å². The molecule has 3 aromatic rings. The highest BCUT2D eigenvalue weighted by atomic mass is 35.5. The van der Waals surface area contributed by atoms with E-state index in [-0.39, 0.29) is 11.7 Å². The number of carbonyl (C=O) groups excluding carboxylic acids is 1. The van der Waals surface area contributed by atoms with E-state index in [2.05, 4.69) is 20.5 Å². The van der Waals surface area contributed by atoms with Crippen LogP contribution in [0.2, 0.25) is 15.1 Å². The molecule has 2 aromatic carbocycles. The summed E-state index contributed by atoms with van der Waals surface area (Å²) in [5, 5.41) is 11.7. The minimum absolute atomic E-state index is 0.140. The van der Waals surface area contributed by atoms with E-state index in [9.17, 15) is 4.79 Å². The summed E-state index contributed by atoms with van der Waals surface area (Å²) in [4.78, 5) is 16.4. The summed E-state index contributed by atoms with van der Waals surface area (Å²) >= 11 is 19.0. The van der Waals surface area contributed by atoms with Gasteiger partial charge in [0.15, 0.2) is 5.82 Å². The van der Waals surface area contributed by atoms with Crippen LogP contribution in [0.4, 0.5) is 5.69 Å². The topological polar surface area (TPSA) is 70.7 Å². The number of aromatic nitrogens is 3. The molecule has 5 nitrogen and oxygen atoms in total. The smallest absolute Gasteiger partial charge is 0.234 e. The fourth-order valence-corrected chi connectivity index (χ4v) is 3.02. The van der Waals surface area contributed by atoms with Crippen LogP contribution >= 0.6 is 46.6 Å². The van der Waals surface area contributed by atoms with Crippen LogP contribution in [-0.2, 0) is 4.79 Å². The molecule has 3 rings (SSSR count). The Bertz CT molecular complexity index is 899. The van der Waals surface area contributed by atoms with Gasteiger partial charge in [-0.15, -0.1) is 5.10 Å². The number of carbonyl (C=O) groups is 1. The maximum absolute atomic E-state index is 12.0. The highest BCUT2D eigenvalue weighted by molar-refractivity contribution is 7.99. The lowest BCUT2D eigenvalue weighted by atomic mass is 10.2. The van der Waals surface area contributed by atoms with E-state index in [1.165, 1.54) is 11.8 Å². The van der Waals surface area contributed by atoms with Crippen molar-refractivity contribution in [2.45, 2.75) is 5.16 Å². The van der Waals surface area contributed by atoms with E-state index in [0.29, 0.717) is 31.7 Å². The Morgan fingerprint density at radius 3 is 2.56 bits per heavy atom. The lowest BCUT2D eigenvalue weighted by Crippen LogP contribution is -2.14. The van der Waals surface area contributed by atoms with E-state index in [1.807, 2.05) is 12.1 Å². The van der Waals surface area contributed by atoms with Crippen molar-refractivity contribution < 1.29 is 4.79 Å². The van der Waals surface area contributed by atoms with Gasteiger partial charge in [-0.3, -0.25) is 9.89 Å². The number of nitrogens with one attached hydrogen (secondary N) is 2. The minimum Gasteiger partial charge on any atom is -0.324 e. The summed E-state index contributed by atoms with van der Waals surface area (Å²) in [6.45, 7) is 0. The third kappa shape index (κ3) is 4.89. The van der Waals surface area contributed by atoms with E-state index >= 15 is 0 Å². The minimum atomic E-state index is -0.230. The van der Waals surface area contributed by atoms with Crippen LogP contribution in [0, 0.1) is 0 Å². The molecule has 0 aliphatic heterocycles. The average Bonchev–Trinajstić information content (AvgIpc) is 3.06. The first-order valence-electron chi connectivity index (χ1n) is 7.07. The monoisotopic (exact) mass is 412 g/mol. The number of thioether (sulfide) groups is 1. The molecule has 25 heavy (non-hydrogen) atoms. The van der Waals surface area contributed by atoms with Crippen molar-refractivity contribution in [1.82, 2.24) is 15.2 Å². The molecular weight excluding hydrogens is 403 g/mol. The zero-order valence-corrected chi connectivity index (χ0v) is 15.7. The second-order valence-electron chi connectivity index (χ2n) is 4.93. The van der Waals surface area contributed by atoms with Crippen molar-refractivity contribution in [3.63, 3.8) is 0 Å². The summed E-state index contributed by atoms with van der Waals surface area (Å²) < 4.78 is 0. The summed E-state index contributed by atoms with van der Waals surface area (Å²) in [5.74, 6) is 0.519. The molecule has 0 atom stereocenters. The molecule has 0 spiro atoms. The summed E-state index contributed by atoms with van der Waals surface area (Å²) in [5.41, 5.74) is 1.33. The van der Waals surface area contributed by atoms with Gasteiger partial charge in [0, 0.05) is 15.6 Å². The molecular formula is C16H11Cl3N4OS. The maximum Gasteiger partial charge on any atom is 0.234 e. The number of hydrogen-bond donors (Lipinski definition) is 2. The molecule has 0 aliphatic rings. The van der Waals surface area contributed by atoms with Gasteiger partial charge in [-0.25, -0.2) is 4.98 Å². The van der Waals surface area contributed by atoms with Crippen molar-refractivity contribution in [3.05, 3.63) is 57.5 Å². The number of anilines is 1. The van der Waals surface area contributed by atoms with Gasteiger partial charge in [0.1, 0.15) is 0 Å². The van der Waals surface area contributed by atoms with Gasteiger partial charge < -0.3 is 5.32 Å². The number of benzene rings is 2. The lowest BCUT2D eigenvalue weighted by Gasteiger charge is -2.06. The molecule has 1 amide bonds. The van der Waals surface area contributed by atoms with Crippen LogP contribution in [0.15, 0.2) is 47.6 Å². The largest absolute Gasteiger partial charge is 0.324 e. The Morgan fingerprint density at radius 1 is 1.08 bits per heavy atom. The van der Waals surface area contributed by atoms with E-state index < -0.39 is 0 Å². The number of amides is 1. The second-order valence-corrected chi connectivity index (χ2v) is 7.16. The Hall–Kier alpha value is -1.73. The summed E-state index contributed by atoms with van der Waals surface area (Å²) in [6.07, 6.45) is 0. The standard InChI is InChI=1S/C16H11Cl3N4OS/c17-10-3-1-9(2-4-10)15-21-16(23-22-15)25-8-14(24)20-13-7-11(18)5-6-12(13)19/h1-7H,8H2,(H,20,24)(H,21,22,23). The first kappa shape index (κ1) is 18.1. The molecule has 0 fully saturated rings. The predicted molar refractivity (Wildman–Crippen MR) is 103 cm³/mol. The van der Waals surface area contributed by atoms with Crippen LogP contribution in [0.5, 0.6) is 0 Å². The predicted octanol–water partition coefficient (Wildman–Crippen LogP) is 5.16. The molecule has 9 heteroatoms. The van der Waals surface area contributed by atoms with Gasteiger partial charge in [-0.2, -0.15) is 0 Å². The molecule has 0 aliphatic carbocycles. The molecule has 0 radical (unpaired) electrons. The molecule has 0 saturated heterocycles. The Balaban J connectivity index is 1.59. The van der Waals surface area contributed by atoms with Crippen molar-refractivity contribution in [3.8, 4) is 11.4 Å². The van der Waals surface area contributed by atoms with Crippen LogP contribution in [0.25, 0.3) is 11.4 Å². The van der Waals surface area contributed by atoms with Gasteiger partial charge in [0.25, 0.3) is 0 Å². The van der Waals surface area contributed by atoms with Crippen molar-refractivity contribution >= 4 is 58.2 Å². The third-order valence-electron chi connectivity index (χ3n) is 3.12. The fourth-order valence-electron chi connectivity index (χ4n) is 1.96. The normalized spacial score (nSPS) is 10.7. The number of H-pyrrole nitrogens is 1. The van der Waals surface area contributed by atoms with Crippen LogP contribution < -0.4 is 5.32 Å². The number of halogens is 3.